The zero-order valence-electron chi connectivity index (χ0n) is 6.82. The Morgan fingerprint density at radius 3 is 2.64 bits per heavy atom. The van der Waals surface area contributed by atoms with Crippen LogP contribution in [0.25, 0.3) is 0 Å². The van der Waals surface area contributed by atoms with Crippen molar-refractivity contribution in [3.05, 3.63) is 32.9 Å². The van der Waals surface area contributed by atoms with Crippen LogP contribution in [-0.2, 0) is 11.8 Å². The first-order valence-corrected chi connectivity index (χ1v) is 4.96. The molecule has 0 saturated carbocycles. The minimum Gasteiger partial charge on any atom is -0.0577 e. The molecular weight excluding hydrogens is 247 g/mol. The molecule has 0 amide bonds. The normalized spacial score (nSPS) is 18.8. The van der Waals surface area contributed by atoms with Gasteiger partial charge in [0.25, 0.3) is 0 Å². The maximum Gasteiger partial charge on any atom is 0.0133 e. The fourth-order valence-corrected chi connectivity index (χ4v) is 2.29. The number of hydrogen-bond donors (Lipinski definition) is 0. The van der Waals surface area contributed by atoms with Crippen LogP contribution in [0, 0.1) is 3.57 Å². The van der Waals surface area contributed by atoms with Crippen molar-refractivity contribution in [1.29, 1.82) is 0 Å². The molecule has 1 heteroatoms. The Balaban J connectivity index is 2.53. The highest BCUT2D eigenvalue weighted by atomic mass is 127. The average molecular weight is 258 g/mol. The Morgan fingerprint density at radius 2 is 2.09 bits per heavy atom. The summed E-state index contributed by atoms with van der Waals surface area (Å²) in [5, 5.41) is 0. The van der Waals surface area contributed by atoms with E-state index in [9.17, 15) is 0 Å². The molecule has 0 fully saturated rings. The SMILES string of the molecule is CC1(C)Cc2ccc(I)cc21. The van der Waals surface area contributed by atoms with Crippen LogP contribution in [0.15, 0.2) is 18.2 Å². The van der Waals surface area contributed by atoms with Gasteiger partial charge in [0.15, 0.2) is 0 Å². The molecule has 1 aliphatic rings. The Morgan fingerprint density at radius 1 is 1.36 bits per heavy atom. The van der Waals surface area contributed by atoms with Gasteiger partial charge in [-0.3, -0.25) is 0 Å². The summed E-state index contributed by atoms with van der Waals surface area (Å²) in [5.41, 5.74) is 3.52. The van der Waals surface area contributed by atoms with Crippen molar-refractivity contribution in [1.82, 2.24) is 0 Å². The van der Waals surface area contributed by atoms with E-state index < -0.39 is 0 Å². The van der Waals surface area contributed by atoms with Crippen molar-refractivity contribution in [3.63, 3.8) is 0 Å². The maximum atomic E-state index is 2.37. The van der Waals surface area contributed by atoms with Crippen molar-refractivity contribution >= 4 is 22.6 Å². The van der Waals surface area contributed by atoms with Crippen LogP contribution in [0.1, 0.15) is 25.0 Å². The minimum absolute atomic E-state index is 0.441. The van der Waals surface area contributed by atoms with E-state index in [1.807, 2.05) is 0 Å². The van der Waals surface area contributed by atoms with Gasteiger partial charge < -0.3 is 0 Å². The largest absolute Gasteiger partial charge is 0.0577 e. The van der Waals surface area contributed by atoms with Crippen molar-refractivity contribution in [3.8, 4) is 0 Å². The molecule has 0 heterocycles. The molecule has 0 N–H and O–H groups in total. The Bertz CT molecular complexity index is 300. The molecule has 0 aliphatic heterocycles. The van der Waals surface area contributed by atoms with Gasteiger partial charge in [-0.05, 0) is 57.7 Å². The van der Waals surface area contributed by atoms with Gasteiger partial charge >= 0.3 is 0 Å². The first-order chi connectivity index (χ1) is 5.09. The molecule has 1 aromatic carbocycles. The molecule has 0 nitrogen and oxygen atoms in total. The number of halogens is 1. The molecule has 1 aliphatic carbocycles. The molecule has 1 aromatic rings. The lowest BCUT2D eigenvalue weighted by molar-refractivity contribution is 0.455. The van der Waals surface area contributed by atoms with Crippen LogP contribution < -0.4 is 0 Å². The van der Waals surface area contributed by atoms with Crippen LogP contribution in [0.2, 0.25) is 0 Å². The fourth-order valence-electron chi connectivity index (χ4n) is 1.80. The Hall–Kier alpha value is -0.0500. The highest BCUT2D eigenvalue weighted by molar-refractivity contribution is 14.1. The molecule has 0 radical (unpaired) electrons. The first-order valence-electron chi connectivity index (χ1n) is 3.88. The second-order valence-electron chi connectivity index (χ2n) is 3.86. The van der Waals surface area contributed by atoms with Crippen molar-refractivity contribution in [2.24, 2.45) is 0 Å². The van der Waals surface area contributed by atoms with E-state index in [2.05, 4.69) is 54.6 Å². The predicted molar refractivity (Wildman–Crippen MR) is 55.9 cm³/mol. The molecule has 0 bridgehead atoms. The van der Waals surface area contributed by atoms with Crippen LogP contribution in [0.4, 0.5) is 0 Å². The maximum absolute atomic E-state index is 2.37. The third-order valence-electron chi connectivity index (χ3n) is 2.43. The van der Waals surface area contributed by atoms with Crippen molar-refractivity contribution < 1.29 is 0 Å². The zero-order valence-corrected chi connectivity index (χ0v) is 8.97. The van der Waals surface area contributed by atoms with Gasteiger partial charge in [-0.25, -0.2) is 0 Å². The van der Waals surface area contributed by atoms with E-state index in [1.54, 1.807) is 5.56 Å². The number of benzene rings is 1. The van der Waals surface area contributed by atoms with Gasteiger partial charge in [0.05, 0.1) is 0 Å². The van der Waals surface area contributed by atoms with Crippen LogP contribution in [-0.4, -0.2) is 0 Å². The summed E-state index contributed by atoms with van der Waals surface area (Å²) in [7, 11) is 0. The Labute approximate surface area is 81.1 Å². The van der Waals surface area contributed by atoms with Crippen molar-refractivity contribution in [2.45, 2.75) is 25.7 Å². The average Bonchev–Trinajstić information content (AvgIpc) is 1.92. The molecule has 0 unspecified atom stereocenters. The third-order valence-corrected chi connectivity index (χ3v) is 3.10. The predicted octanol–water partition coefficient (Wildman–Crippen LogP) is 3.12. The van der Waals surface area contributed by atoms with Gasteiger partial charge in [0.1, 0.15) is 0 Å². The van der Waals surface area contributed by atoms with Crippen LogP contribution >= 0.6 is 22.6 Å². The number of rotatable bonds is 0. The molecule has 0 atom stereocenters. The summed E-state index contributed by atoms with van der Waals surface area (Å²) >= 11 is 2.37. The molecule has 0 spiro atoms. The second kappa shape index (κ2) is 2.22. The quantitative estimate of drug-likeness (QED) is 0.627. The van der Waals surface area contributed by atoms with E-state index in [0.717, 1.165) is 0 Å². The minimum atomic E-state index is 0.441. The van der Waals surface area contributed by atoms with E-state index in [-0.39, 0.29) is 0 Å². The zero-order chi connectivity index (χ0) is 8.06. The molecular formula is C10H11I. The Kier molecular flexibility index (Phi) is 1.53. The summed E-state index contributed by atoms with van der Waals surface area (Å²) in [6.45, 7) is 4.62. The van der Waals surface area contributed by atoms with Gasteiger partial charge in [-0.15, -0.1) is 0 Å². The fraction of sp³-hybridized carbons (Fsp3) is 0.400. The lowest BCUT2D eigenvalue weighted by Gasteiger charge is -2.38. The summed E-state index contributed by atoms with van der Waals surface area (Å²) in [4.78, 5) is 0. The highest BCUT2D eigenvalue weighted by Crippen LogP contribution is 2.40. The van der Waals surface area contributed by atoms with E-state index in [0.29, 0.717) is 5.41 Å². The van der Waals surface area contributed by atoms with E-state index in [4.69, 9.17) is 0 Å². The third kappa shape index (κ3) is 1.10. The lowest BCUT2D eigenvalue weighted by atomic mass is 9.67. The smallest absolute Gasteiger partial charge is 0.0133 e. The van der Waals surface area contributed by atoms with Crippen molar-refractivity contribution in [2.75, 3.05) is 0 Å². The van der Waals surface area contributed by atoms with Gasteiger partial charge in [-0.1, -0.05) is 19.9 Å². The molecule has 0 saturated heterocycles. The molecule has 58 valence electrons. The van der Waals surface area contributed by atoms with Crippen LogP contribution in [0.5, 0.6) is 0 Å². The summed E-state index contributed by atoms with van der Waals surface area (Å²) < 4.78 is 1.36. The highest BCUT2D eigenvalue weighted by Gasteiger charge is 2.33. The van der Waals surface area contributed by atoms with Gasteiger partial charge in [-0.2, -0.15) is 0 Å². The monoisotopic (exact) mass is 258 g/mol. The standard InChI is InChI=1S/C10H11I/c1-10(2)6-7-3-4-8(11)5-9(7)10/h3-5H,6H2,1-2H3. The van der Waals surface area contributed by atoms with Gasteiger partial charge in [0, 0.05) is 3.57 Å². The van der Waals surface area contributed by atoms with Crippen LogP contribution in [0.3, 0.4) is 0 Å². The number of hydrogen-bond acceptors (Lipinski definition) is 0. The summed E-state index contributed by atoms with van der Waals surface area (Å²) in [5.74, 6) is 0. The summed E-state index contributed by atoms with van der Waals surface area (Å²) in [6, 6.07) is 6.75. The molecule has 2 rings (SSSR count). The molecule has 0 aromatic heterocycles. The second-order valence-corrected chi connectivity index (χ2v) is 5.11. The number of fused-ring (bicyclic) bond motifs is 1. The van der Waals surface area contributed by atoms with E-state index in [1.165, 1.54) is 15.6 Å². The topological polar surface area (TPSA) is 0 Å². The van der Waals surface area contributed by atoms with E-state index >= 15 is 0 Å². The first kappa shape index (κ1) is 7.59. The summed E-state index contributed by atoms with van der Waals surface area (Å²) in [6.07, 6.45) is 1.25. The lowest BCUT2D eigenvalue weighted by Crippen LogP contribution is -2.32. The molecule has 11 heavy (non-hydrogen) atoms. The van der Waals surface area contributed by atoms with Gasteiger partial charge in [0.2, 0.25) is 0 Å².